The first-order valence-corrected chi connectivity index (χ1v) is 2.10. The SMILES string of the molecule is [B]CC=NCC. The van der Waals surface area contributed by atoms with Crippen molar-refractivity contribution in [2.45, 2.75) is 13.2 Å². The molecule has 0 aromatic carbocycles. The van der Waals surface area contributed by atoms with Crippen molar-refractivity contribution < 1.29 is 0 Å². The molecule has 0 fully saturated rings. The van der Waals surface area contributed by atoms with Crippen LogP contribution in [0.2, 0.25) is 6.32 Å². The molecule has 0 N–H and O–H groups in total. The van der Waals surface area contributed by atoms with Crippen molar-refractivity contribution >= 4 is 14.1 Å². The fraction of sp³-hybridized carbons (Fsp3) is 0.750. The van der Waals surface area contributed by atoms with Gasteiger partial charge in [0.25, 0.3) is 0 Å². The maximum absolute atomic E-state index is 5.07. The molecule has 0 aromatic heterocycles. The zero-order valence-corrected chi connectivity index (χ0v) is 4.02. The summed E-state index contributed by atoms with van der Waals surface area (Å²) in [5.41, 5.74) is 0. The second kappa shape index (κ2) is 4.73. The molecule has 0 aromatic rings. The zero-order chi connectivity index (χ0) is 4.83. The van der Waals surface area contributed by atoms with Crippen molar-refractivity contribution in [1.29, 1.82) is 0 Å². The summed E-state index contributed by atoms with van der Waals surface area (Å²) in [7, 11) is 5.07. The molecule has 0 rings (SSSR count). The van der Waals surface area contributed by atoms with Gasteiger partial charge in [-0.3, -0.25) is 4.99 Å². The molecular formula is C4H8BN. The molecule has 0 aliphatic heterocycles. The minimum atomic E-state index is 0.563. The van der Waals surface area contributed by atoms with E-state index in [2.05, 4.69) is 4.99 Å². The van der Waals surface area contributed by atoms with Gasteiger partial charge in [-0.05, 0) is 13.1 Å². The number of aliphatic imine (C=N–C) groups is 1. The largest absolute Gasteiger partial charge is 0.299 e. The Kier molecular flexibility index (Phi) is 4.53. The fourth-order valence-electron chi connectivity index (χ4n) is 0.204. The van der Waals surface area contributed by atoms with Crippen molar-refractivity contribution in [1.82, 2.24) is 0 Å². The highest BCUT2D eigenvalue weighted by Gasteiger charge is 1.60. The van der Waals surface area contributed by atoms with Gasteiger partial charge in [-0.2, -0.15) is 0 Å². The zero-order valence-electron chi connectivity index (χ0n) is 4.02. The van der Waals surface area contributed by atoms with Gasteiger partial charge in [-0.25, -0.2) is 0 Å². The van der Waals surface area contributed by atoms with E-state index >= 15 is 0 Å². The Hall–Kier alpha value is -0.265. The standard InChI is InChI=1S/C4H8BN/c1-2-6-4-3-5/h4H,2-3H2,1H3. The molecule has 0 saturated heterocycles. The lowest BCUT2D eigenvalue weighted by Crippen LogP contribution is -1.71. The summed E-state index contributed by atoms with van der Waals surface area (Å²) in [4.78, 5) is 3.84. The Morgan fingerprint density at radius 2 is 2.50 bits per heavy atom. The third kappa shape index (κ3) is 3.73. The normalized spacial score (nSPS) is 10.2. The average Bonchev–Trinajstić information content (AvgIpc) is 1.61. The van der Waals surface area contributed by atoms with E-state index in [0.717, 1.165) is 6.54 Å². The Labute approximate surface area is 39.9 Å². The highest BCUT2D eigenvalue weighted by molar-refractivity contribution is 6.16. The maximum atomic E-state index is 5.07. The Morgan fingerprint density at radius 3 is 2.67 bits per heavy atom. The monoisotopic (exact) mass is 81.1 g/mol. The van der Waals surface area contributed by atoms with E-state index in [4.69, 9.17) is 7.85 Å². The fourth-order valence-corrected chi connectivity index (χ4v) is 0.204. The molecule has 2 heteroatoms. The molecule has 0 amide bonds. The molecule has 0 bridgehead atoms. The molecule has 0 aliphatic carbocycles. The van der Waals surface area contributed by atoms with Crippen LogP contribution in [0.3, 0.4) is 0 Å². The van der Waals surface area contributed by atoms with Gasteiger partial charge >= 0.3 is 0 Å². The first-order chi connectivity index (χ1) is 2.91. The van der Waals surface area contributed by atoms with Gasteiger partial charge < -0.3 is 0 Å². The number of nitrogens with zero attached hydrogens (tertiary/aromatic N) is 1. The van der Waals surface area contributed by atoms with E-state index < -0.39 is 0 Å². The predicted molar refractivity (Wildman–Crippen MR) is 29.6 cm³/mol. The highest BCUT2D eigenvalue weighted by Crippen LogP contribution is 1.64. The molecule has 1 nitrogen and oxygen atoms in total. The molecule has 32 valence electrons. The van der Waals surface area contributed by atoms with Crippen LogP contribution in [0.15, 0.2) is 4.99 Å². The number of rotatable bonds is 2. The third-order valence-corrected chi connectivity index (χ3v) is 0.417. The van der Waals surface area contributed by atoms with Gasteiger partial charge in [-0.1, -0.05) is 6.32 Å². The van der Waals surface area contributed by atoms with Crippen LogP contribution < -0.4 is 0 Å². The number of hydrogen-bond donors (Lipinski definition) is 0. The number of hydrogen-bond acceptors (Lipinski definition) is 1. The van der Waals surface area contributed by atoms with Crippen LogP contribution in [0.5, 0.6) is 0 Å². The minimum Gasteiger partial charge on any atom is -0.299 e. The maximum Gasteiger partial charge on any atom is 0.0729 e. The van der Waals surface area contributed by atoms with E-state index in [1.807, 2.05) is 6.92 Å². The lowest BCUT2D eigenvalue weighted by Gasteiger charge is -1.74. The van der Waals surface area contributed by atoms with Crippen molar-refractivity contribution in [3.05, 3.63) is 0 Å². The summed E-state index contributed by atoms with van der Waals surface area (Å²) in [6.45, 7) is 2.82. The molecule has 0 unspecified atom stereocenters. The Bertz CT molecular complexity index is 36.8. The van der Waals surface area contributed by atoms with Crippen LogP contribution in [-0.2, 0) is 0 Å². The van der Waals surface area contributed by atoms with Crippen molar-refractivity contribution in [2.24, 2.45) is 4.99 Å². The van der Waals surface area contributed by atoms with Crippen LogP contribution in [0.4, 0.5) is 0 Å². The Morgan fingerprint density at radius 1 is 1.83 bits per heavy atom. The smallest absolute Gasteiger partial charge is 0.0729 e. The Balaban J connectivity index is 2.73. The van der Waals surface area contributed by atoms with E-state index in [9.17, 15) is 0 Å². The van der Waals surface area contributed by atoms with Crippen LogP contribution in [0.1, 0.15) is 6.92 Å². The first kappa shape index (κ1) is 5.73. The molecule has 0 heterocycles. The van der Waals surface area contributed by atoms with Crippen molar-refractivity contribution in [2.75, 3.05) is 6.54 Å². The second-order valence-electron chi connectivity index (χ2n) is 0.917. The molecular weight excluding hydrogens is 72.9 g/mol. The van der Waals surface area contributed by atoms with Gasteiger partial charge in [0, 0.05) is 6.54 Å². The summed E-state index contributed by atoms with van der Waals surface area (Å²) in [6, 6.07) is 0. The van der Waals surface area contributed by atoms with Crippen LogP contribution in [0, 0.1) is 0 Å². The average molecular weight is 80.9 g/mol. The first-order valence-electron chi connectivity index (χ1n) is 2.10. The van der Waals surface area contributed by atoms with Crippen LogP contribution in [0.25, 0.3) is 0 Å². The molecule has 6 heavy (non-hydrogen) atoms. The topological polar surface area (TPSA) is 12.4 Å². The molecule has 0 saturated carbocycles. The summed E-state index contributed by atoms with van der Waals surface area (Å²) in [5.74, 6) is 0. The van der Waals surface area contributed by atoms with Gasteiger partial charge in [0.05, 0.1) is 7.85 Å². The van der Waals surface area contributed by atoms with Crippen molar-refractivity contribution in [3.63, 3.8) is 0 Å². The van der Waals surface area contributed by atoms with Gasteiger partial charge in [-0.15, -0.1) is 0 Å². The van der Waals surface area contributed by atoms with Crippen molar-refractivity contribution in [3.8, 4) is 0 Å². The van der Waals surface area contributed by atoms with E-state index in [-0.39, 0.29) is 0 Å². The van der Waals surface area contributed by atoms with Crippen LogP contribution in [-0.4, -0.2) is 20.6 Å². The quantitative estimate of drug-likeness (QED) is 0.342. The highest BCUT2D eigenvalue weighted by atomic mass is 14.7. The summed E-state index contributed by atoms with van der Waals surface area (Å²) >= 11 is 0. The summed E-state index contributed by atoms with van der Waals surface area (Å²) < 4.78 is 0. The van der Waals surface area contributed by atoms with E-state index in [1.54, 1.807) is 6.21 Å². The lowest BCUT2D eigenvalue weighted by molar-refractivity contribution is 1.14. The van der Waals surface area contributed by atoms with E-state index in [1.165, 1.54) is 0 Å². The molecule has 0 atom stereocenters. The predicted octanol–water partition coefficient (Wildman–Crippen LogP) is 0.664. The summed E-state index contributed by atoms with van der Waals surface area (Å²) in [6.07, 6.45) is 2.27. The van der Waals surface area contributed by atoms with E-state index in [0.29, 0.717) is 6.32 Å². The van der Waals surface area contributed by atoms with Gasteiger partial charge in [0.1, 0.15) is 0 Å². The molecule has 0 spiro atoms. The minimum absolute atomic E-state index is 0.563. The molecule has 2 radical (unpaired) electrons. The van der Waals surface area contributed by atoms with Gasteiger partial charge in [0.15, 0.2) is 0 Å². The van der Waals surface area contributed by atoms with Crippen LogP contribution >= 0.6 is 0 Å². The summed E-state index contributed by atoms with van der Waals surface area (Å²) in [5, 5.41) is 0. The lowest BCUT2D eigenvalue weighted by atomic mass is 10.1. The molecule has 0 aliphatic rings. The third-order valence-electron chi connectivity index (χ3n) is 0.417. The second-order valence-corrected chi connectivity index (χ2v) is 0.917. The van der Waals surface area contributed by atoms with Gasteiger partial charge in [0.2, 0.25) is 0 Å².